The van der Waals surface area contributed by atoms with E-state index in [0.717, 1.165) is 21.6 Å². The number of para-hydroxylation sites is 1. The summed E-state index contributed by atoms with van der Waals surface area (Å²) in [6, 6.07) is -10.6. The molecule has 2 saturated heterocycles. The number of primary amides is 1. The number of nitrogens with zero attached hydrogens (tertiary/aromatic N) is 2. The maximum absolute atomic E-state index is 14.6. The number of H-pyrrole nitrogens is 2. The standard InChI is InChI=1S/C57H84N20O16S2/c1-28-46(83)67-29(2)47(84)70-38-15-19-95-94-18-14-37(51(88)73-36(12-13-45(81)82)50(87)76-41(22-43(59)79)55(92)75-40(53(90)68-28)21-31-24-62-27-66-31)69-44(80)25-65-48(85)34(11-7-17-63-57(60)61)71-54(91)39(20-30-23-64-33-9-4-3-8-32(30)33)74-56(93)42(26-78)77-49(86)35(72-52(38)89)10-5-6-16-58/h3-4,8-9,23-24,27-29,34-42,64,78H,5-7,10-22,25-26,58H2,1-2H3,(H2,59,79)(H,62,66)(H,65,85)(H,67,83)(H,68,90)(H,69,80)(H,70,84)(H,71,91)(H,72,89)(H,73,88)(H,74,93)(H,75,92)(H,76,87)(H,77,86)(H,81,82)(H4,60,61,63)/t28-,29-,34-,35-,36-,37-,38-,39-,40-,41-,42-/m0/s1. The van der Waals surface area contributed by atoms with E-state index in [1.165, 1.54) is 26.4 Å². The fourth-order valence-corrected chi connectivity index (χ4v) is 11.9. The number of nitrogens with two attached hydrogens (primary N) is 4. The number of aliphatic imine (C=N–C) groups is 1. The Morgan fingerprint density at radius 3 is 1.71 bits per heavy atom. The van der Waals surface area contributed by atoms with E-state index in [2.05, 4.69) is 83.7 Å². The average Bonchev–Trinajstić information content (AvgIpc) is 1.74. The van der Waals surface area contributed by atoms with Crippen molar-refractivity contribution in [3.05, 3.63) is 54.2 Å². The number of hydrogen-bond acceptors (Lipinski definition) is 20. The van der Waals surface area contributed by atoms with Gasteiger partial charge in [-0.2, -0.15) is 0 Å². The van der Waals surface area contributed by atoms with Crippen molar-refractivity contribution in [2.24, 2.45) is 27.9 Å². The van der Waals surface area contributed by atoms with Crippen molar-refractivity contribution in [2.45, 2.75) is 157 Å². The van der Waals surface area contributed by atoms with Crippen LogP contribution in [-0.2, 0) is 80.0 Å². The second-order valence-electron chi connectivity index (χ2n) is 22.4. The minimum Gasteiger partial charge on any atom is -0.481 e. The van der Waals surface area contributed by atoms with Crippen LogP contribution in [0.5, 0.6) is 0 Å². The number of amides is 13. The highest BCUT2D eigenvalue weighted by Crippen LogP contribution is 2.25. The predicted octanol–water partition coefficient (Wildman–Crippen LogP) is -6.73. The number of imidazole rings is 1. The highest BCUT2D eigenvalue weighted by molar-refractivity contribution is 8.76. The summed E-state index contributed by atoms with van der Waals surface area (Å²) in [7, 11) is 2.22. The van der Waals surface area contributed by atoms with E-state index in [-0.39, 0.29) is 87.6 Å². The average molecular weight is 1370 g/mol. The third-order valence-corrected chi connectivity index (χ3v) is 17.4. The van der Waals surface area contributed by atoms with Gasteiger partial charge in [-0.1, -0.05) is 39.8 Å². The predicted molar refractivity (Wildman–Crippen MR) is 345 cm³/mol. The fraction of sp³-hybridized carbons (Fsp3) is 0.544. The summed E-state index contributed by atoms with van der Waals surface area (Å²) in [4.78, 5) is 209. The molecule has 2 bridgehead atoms. The largest absolute Gasteiger partial charge is 0.481 e. The van der Waals surface area contributed by atoms with Crippen molar-refractivity contribution >= 4 is 121 Å². The molecule has 3 aromatic rings. The molecule has 36 nitrogen and oxygen atoms in total. The third kappa shape index (κ3) is 25.4. The van der Waals surface area contributed by atoms with E-state index < -0.39 is 182 Å². The van der Waals surface area contributed by atoms with Crippen LogP contribution in [0.3, 0.4) is 0 Å². The number of carboxylic acids is 1. The van der Waals surface area contributed by atoms with Crippen LogP contribution in [-0.4, -0.2) is 218 Å². The number of aliphatic hydroxyl groups is 1. The zero-order valence-electron chi connectivity index (χ0n) is 52.3. The molecule has 4 heterocycles. The Morgan fingerprint density at radius 2 is 1.09 bits per heavy atom. The van der Waals surface area contributed by atoms with Gasteiger partial charge in [0, 0.05) is 66.3 Å². The molecule has 11 atom stereocenters. The summed E-state index contributed by atoms with van der Waals surface area (Å²) in [6.45, 7) is 0.741. The van der Waals surface area contributed by atoms with Gasteiger partial charge in [0.05, 0.1) is 25.9 Å². The number of carbonyl (C=O) groups is 14. The number of benzene rings is 1. The normalized spacial score (nSPS) is 25.2. The molecule has 13 amide bonds. The number of unbranched alkanes of at least 4 members (excludes halogenated alkanes) is 1. The lowest BCUT2D eigenvalue weighted by Gasteiger charge is -2.27. The van der Waals surface area contributed by atoms with Gasteiger partial charge >= 0.3 is 5.97 Å². The molecule has 2 aromatic heterocycles. The Bertz CT molecular complexity index is 3240. The maximum Gasteiger partial charge on any atom is 0.303 e. The Hall–Kier alpha value is -9.56. The first kappa shape index (κ1) is 76.2. The van der Waals surface area contributed by atoms with Gasteiger partial charge in [-0.3, -0.25) is 72.1 Å². The molecule has 95 heavy (non-hydrogen) atoms. The lowest BCUT2D eigenvalue weighted by atomic mass is 10.0. The number of hydrogen-bond donors (Lipinski definition) is 20. The van der Waals surface area contributed by atoms with Crippen LogP contribution in [0.15, 0.2) is 48.0 Å². The number of carboxylic acid groups (broad SMARTS) is 1. The Labute approximate surface area is 552 Å². The molecule has 1 aromatic carbocycles. The molecular weight excluding hydrogens is 1280 g/mol. The number of aliphatic carboxylic acids is 1. The van der Waals surface area contributed by atoms with Gasteiger partial charge in [-0.05, 0) is 83.4 Å². The first-order valence-electron chi connectivity index (χ1n) is 30.5. The lowest BCUT2D eigenvalue weighted by molar-refractivity contribution is -0.139. The summed E-state index contributed by atoms with van der Waals surface area (Å²) in [5.74, 6) is -15.1. The summed E-state index contributed by atoms with van der Waals surface area (Å²) in [5, 5.41) is 50.9. The molecule has 38 heteroatoms. The number of fused-ring (bicyclic) bond motifs is 8. The minimum atomic E-state index is -1.90. The van der Waals surface area contributed by atoms with E-state index >= 15 is 0 Å². The molecular formula is C57H84N20O16S2. The second kappa shape index (κ2) is 38.6. The SMILES string of the molecule is C[C@@H]1NC(=O)[C@H](C)NC(=O)[C@H](Cc2cnc[nH]2)NC(=O)[C@H](CC(N)=O)NC(=O)[C@H](CCC(=O)O)NC(=O)[C@@H]2CCSSCC[C@H](NC1=O)C(=O)N[C@@H](CCCCN)C(=O)N[C@@H](CO)C(=O)N[C@@H](Cc1c[nH]c3ccccc13)C(=O)N[C@@H](CCCN=C(N)N)C(=O)NCC(=O)N2. The number of aliphatic hydroxyl groups excluding tert-OH is 1. The fourth-order valence-electron chi connectivity index (χ4n) is 9.74. The maximum atomic E-state index is 14.6. The minimum absolute atomic E-state index is 0.00896. The Balaban J connectivity index is 1.61. The molecule has 2 aliphatic heterocycles. The molecule has 520 valence electrons. The van der Waals surface area contributed by atoms with Crippen LogP contribution in [0, 0.1) is 0 Å². The van der Waals surface area contributed by atoms with E-state index in [0.29, 0.717) is 22.9 Å². The zero-order valence-corrected chi connectivity index (χ0v) is 53.9. The van der Waals surface area contributed by atoms with Crippen LogP contribution in [0.2, 0.25) is 0 Å². The van der Waals surface area contributed by atoms with Gasteiger partial charge < -0.3 is 107 Å². The molecule has 0 unspecified atom stereocenters. The van der Waals surface area contributed by atoms with Crippen LogP contribution < -0.4 is 86.7 Å². The molecule has 0 spiro atoms. The lowest BCUT2D eigenvalue weighted by Crippen LogP contribution is -2.61. The molecule has 2 aliphatic rings. The quantitative estimate of drug-likeness (QED) is 0.0244. The molecule has 24 N–H and O–H groups in total. The number of aromatic amines is 2. The van der Waals surface area contributed by atoms with Gasteiger partial charge in [0.15, 0.2) is 5.96 Å². The van der Waals surface area contributed by atoms with Gasteiger partial charge in [-0.15, -0.1) is 0 Å². The summed E-state index contributed by atoms with van der Waals surface area (Å²) in [6.07, 6.45) is 1.18. The van der Waals surface area contributed by atoms with Crippen LogP contribution in [0.1, 0.15) is 89.3 Å². The first-order chi connectivity index (χ1) is 45.3. The van der Waals surface area contributed by atoms with Crippen molar-refractivity contribution < 1.29 is 77.3 Å². The Morgan fingerprint density at radius 1 is 0.579 bits per heavy atom. The third-order valence-electron chi connectivity index (χ3n) is 14.9. The van der Waals surface area contributed by atoms with Crippen molar-refractivity contribution in [1.29, 1.82) is 0 Å². The summed E-state index contributed by atoms with van der Waals surface area (Å²) in [5.41, 5.74) is 23.8. The van der Waals surface area contributed by atoms with Crippen molar-refractivity contribution in [3.8, 4) is 0 Å². The monoisotopic (exact) mass is 1370 g/mol. The van der Waals surface area contributed by atoms with Crippen molar-refractivity contribution in [1.82, 2.24) is 78.8 Å². The molecule has 0 aliphatic carbocycles. The van der Waals surface area contributed by atoms with Crippen LogP contribution >= 0.6 is 21.6 Å². The molecule has 0 radical (unpaired) electrons. The van der Waals surface area contributed by atoms with Gasteiger partial charge in [-0.25, -0.2) is 4.98 Å². The van der Waals surface area contributed by atoms with Gasteiger partial charge in [0.25, 0.3) is 0 Å². The second-order valence-corrected chi connectivity index (χ2v) is 25.1. The summed E-state index contributed by atoms with van der Waals surface area (Å²) >= 11 is 0. The number of carbonyl (C=O) groups excluding carboxylic acids is 13. The van der Waals surface area contributed by atoms with Crippen LogP contribution in [0.25, 0.3) is 10.9 Å². The topological polar surface area (TPSA) is 585 Å². The first-order valence-corrected chi connectivity index (χ1v) is 33.0. The number of aromatic nitrogens is 3. The van der Waals surface area contributed by atoms with Gasteiger partial charge in [0.2, 0.25) is 76.8 Å². The molecule has 0 saturated carbocycles. The molecule has 2 fully saturated rings. The number of nitrogens with one attached hydrogen (secondary N) is 14. The van der Waals surface area contributed by atoms with E-state index in [1.807, 2.05) is 0 Å². The van der Waals surface area contributed by atoms with E-state index in [9.17, 15) is 77.3 Å². The van der Waals surface area contributed by atoms with Crippen molar-refractivity contribution in [2.75, 3.05) is 37.7 Å². The van der Waals surface area contributed by atoms with Crippen molar-refractivity contribution in [3.63, 3.8) is 0 Å². The highest BCUT2D eigenvalue weighted by Gasteiger charge is 2.37. The van der Waals surface area contributed by atoms with E-state index in [1.54, 1.807) is 30.5 Å². The smallest absolute Gasteiger partial charge is 0.303 e. The summed E-state index contributed by atoms with van der Waals surface area (Å²) < 4.78 is 0. The van der Waals surface area contributed by atoms with E-state index in [4.69, 9.17) is 22.9 Å². The highest BCUT2D eigenvalue weighted by atomic mass is 33.1. The zero-order chi connectivity index (χ0) is 69.7. The number of guanidine groups is 1. The van der Waals surface area contributed by atoms with Crippen LogP contribution in [0.4, 0.5) is 0 Å². The number of rotatable bonds is 18. The molecule has 5 rings (SSSR count). The Kier molecular flexibility index (Phi) is 30.9. The van der Waals surface area contributed by atoms with Gasteiger partial charge in [0.1, 0.15) is 66.5 Å².